The van der Waals surface area contributed by atoms with Crippen LogP contribution in [0.3, 0.4) is 0 Å². The predicted octanol–water partition coefficient (Wildman–Crippen LogP) is 2.11. The Hall–Kier alpha value is -2.17. The van der Waals surface area contributed by atoms with E-state index < -0.39 is 0 Å². The molecule has 2 heterocycles. The maximum Gasteiger partial charge on any atom is 0.317 e. The van der Waals surface area contributed by atoms with Crippen molar-refractivity contribution in [3.8, 4) is 0 Å². The summed E-state index contributed by atoms with van der Waals surface area (Å²) in [5, 5.41) is 8.46. The van der Waals surface area contributed by atoms with Gasteiger partial charge in [-0.15, -0.1) is 10.2 Å². The van der Waals surface area contributed by atoms with Crippen LogP contribution in [0, 0.1) is 0 Å². The Kier molecular flexibility index (Phi) is 3.99. The minimum Gasteiger partial charge on any atom is -0.465 e. The maximum absolute atomic E-state index is 12.3. The first kappa shape index (κ1) is 13.8. The number of benzene rings is 1. The monoisotopic (exact) mass is 285 g/mol. The lowest BCUT2D eigenvalue weighted by Gasteiger charge is -2.15. The van der Waals surface area contributed by atoms with Crippen molar-refractivity contribution in [2.24, 2.45) is 0 Å². The molecule has 1 aliphatic heterocycles. The van der Waals surface area contributed by atoms with Crippen molar-refractivity contribution in [2.45, 2.75) is 38.6 Å². The third kappa shape index (κ3) is 2.82. The highest BCUT2D eigenvalue weighted by Gasteiger charge is 2.30. The Morgan fingerprint density at radius 2 is 2.14 bits per heavy atom. The number of ether oxygens (including phenoxy) is 1. The van der Waals surface area contributed by atoms with Gasteiger partial charge >= 0.3 is 5.97 Å². The Labute approximate surface area is 124 Å². The molecule has 110 valence electrons. The molecule has 0 saturated carbocycles. The van der Waals surface area contributed by atoms with E-state index in [1.807, 2.05) is 37.3 Å². The molecule has 0 amide bonds. The summed E-state index contributed by atoms with van der Waals surface area (Å²) in [7, 11) is 0. The summed E-state index contributed by atoms with van der Waals surface area (Å²) >= 11 is 0. The van der Waals surface area contributed by atoms with Crippen LogP contribution in [0.15, 0.2) is 30.3 Å². The van der Waals surface area contributed by atoms with Crippen LogP contribution in [0.25, 0.3) is 0 Å². The lowest BCUT2D eigenvalue weighted by molar-refractivity contribution is -0.145. The highest BCUT2D eigenvalue weighted by molar-refractivity contribution is 5.77. The lowest BCUT2D eigenvalue weighted by atomic mass is 9.98. The summed E-state index contributed by atoms with van der Waals surface area (Å²) in [6.07, 6.45) is 2.60. The fraction of sp³-hybridized carbons (Fsp3) is 0.438. The third-order valence-corrected chi connectivity index (χ3v) is 3.80. The number of rotatable bonds is 5. The molecule has 1 aromatic carbocycles. The fourth-order valence-corrected chi connectivity index (χ4v) is 2.80. The SMILES string of the molecule is CCOC(=O)C(Cc1ccccc1)c1nnc2n1CCC2. The largest absolute Gasteiger partial charge is 0.465 e. The van der Waals surface area contributed by atoms with Crippen molar-refractivity contribution >= 4 is 5.97 Å². The molecule has 0 fully saturated rings. The number of carbonyl (C=O) groups is 1. The van der Waals surface area contributed by atoms with Gasteiger partial charge in [-0.1, -0.05) is 30.3 Å². The summed E-state index contributed by atoms with van der Waals surface area (Å²) < 4.78 is 7.31. The Balaban J connectivity index is 1.90. The van der Waals surface area contributed by atoms with Crippen LogP contribution >= 0.6 is 0 Å². The van der Waals surface area contributed by atoms with Gasteiger partial charge in [0.2, 0.25) is 0 Å². The molecule has 0 spiro atoms. The number of aromatic nitrogens is 3. The number of hydrogen-bond acceptors (Lipinski definition) is 4. The van der Waals surface area contributed by atoms with Crippen LogP contribution in [-0.4, -0.2) is 27.3 Å². The zero-order valence-corrected chi connectivity index (χ0v) is 12.2. The van der Waals surface area contributed by atoms with Crippen molar-refractivity contribution in [2.75, 3.05) is 6.61 Å². The second-order valence-corrected chi connectivity index (χ2v) is 5.22. The molecule has 1 unspecified atom stereocenters. The van der Waals surface area contributed by atoms with Crippen molar-refractivity contribution in [1.82, 2.24) is 14.8 Å². The first-order valence-electron chi connectivity index (χ1n) is 7.42. The van der Waals surface area contributed by atoms with Gasteiger partial charge in [0.1, 0.15) is 17.6 Å². The lowest BCUT2D eigenvalue weighted by Crippen LogP contribution is -2.22. The van der Waals surface area contributed by atoms with E-state index in [4.69, 9.17) is 4.74 Å². The number of esters is 1. The first-order valence-corrected chi connectivity index (χ1v) is 7.42. The highest BCUT2D eigenvalue weighted by Crippen LogP contribution is 2.25. The molecule has 1 aliphatic rings. The van der Waals surface area contributed by atoms with E-state index in [1.165, 1.54) is 0 Å². The highest BCUT2D eigenvalue weighted by atomic mass is 16.5. The van der Waals surface area contributed by atoms with Crippen LogP contribution in [-0.2, 0) is 28.9 Å². The average Bonchev–Trinajstić information content (AvgIpc) is 3.09. The molecule has 0 radical (unpaired) electrons. The summed E-state index contributed by atoms with van der Waals surface area (Å²) in [6, 6.07) is 9.97. The standard InChI is InChI=1S/C16H19N3O2/c1-2-21-16(20)13(11-12-7-4-3-5-8-12)15-18-17-14-9-6-10-19(14)15/h3-5,7-8,13H,2,6,9-11H2,1H3. The molecule has 1 atom stereocenters. The van der Waals surface area contributed by atoms with Crippen LogP contribution < -0.4 is 0 Å². The predicted molar refractivity (Wildman–Crippen MR) is 77.9 cm³/mol. The Morgan fingerprint density at radius 1 is 1.33 bits per heavy atom. The second-order valence-electron chi connectivity index (χ2n) is 5.22. The molecule has 3 rings (SSSR count). The molecule has 5 heteroatoms. The van der Waals surface area contributed by atoms with E-state index in [9.17, 15) is 4.79 Å². The number of carbonyl (C=O) groups excluding carboxylic acids is 1. The molecule has 1 aromatic heterocycles. The molecular weight excluding hydrogens is 266 g/mol. The van der Waals surface area contributed by atoms with Gasteiger partial charge in [-0.2, -0.15) is 0 Å². The minimum absolute atomic E-state index is 0.219. The molecule has 0 aliphatic carbocycles. The average molecular weight is 285 g/mol. The fourth-order valence-electron chi connectivity index (χ4n) is 2.80. The summed E-state index contributed by atoms with van der Waals surface area (Å²) in [5.41, 5.74) is 1.10. The van der Waals surface area contributed by atoms with Crippen molar-refractivity contribution in [1.29, 1.82) is 0 Å². The minimum atomic E-state index is -0.383. The smallest absolute Gasteiger partial charge is 0.317 e. The topological polar surface area (TPSA) is 57.0 Å². The van der Waals surface area contributed by atoms with Gasteiger partial charge in [0, 0.05) is 13.0 Å². The van der Waals surface area contributed by atoms with Gasteiger partial charge in [-0.05, 0) is 25.3 Å². The van der Waals surface area contributed by atoms with Gasteiger partial charge in [0.05, 0.1) is 6.61 Å². The Bertz CT molecular complexity index is 622. The maximum atomic E-state index is 12.3. The molecule has 2 aromatic rings. The van der Waals surface area contributed by atoms with Gasteiger partial charge in [-0.3, -0.25) is 4.79 Å². The zero-order valence-electron chi connectivity index (χ0n) is 12.2. The van der Waals surface area contributed by atoms with Crippen molar-refractivity contribution < 1.29 is 9.53 Å². The molecule has 21 heavy (non-hydrogen) atoms. The van der Waals surface area contributed by atoms with Gasteiger partial charge < -0.3 is 9.30 Å². The summed E-state index contributed by atoms with van der Waals surface area (Å²) in [6.45, 7) is 3.10. The van der Waals surface area contributed by atoms with E-state index in [-0.39, 0.29) is 11.9 Å². The van der Waals surface area contributed by atoms with Gasteiger partial charge in [-0.25, -0.2) is 0 Å². The summed E-state index contributed by atoms with van der Waals surface area (Å²) in [4.78, 5) is 12.3. The molecule has 5 nitrogen and oxygen atoms in total. The van der Waals surface area contributed by atoms with Crippen molar-refractivity contribution in [3.63, 3.8) is 0 Å². The van der Waals surface area contributed by atoms with E-state index in [2.05, 4.69) is 14.8 Å². The normalized spacial score (nSPS) is 14.7. The number of aryl methyl sites for hydroxylation is 1. The van der Waals surface area contributed by atoms with Crippen LogP contribution in [0.4, 0.5) is 0 Å². The third-order valence-electron chi connectivity index (χ3n) is 3.80. The number of nitrogens with zero attached hydrogens (tertiary/aromatic N) is 3. The van der Waals surface area contributed by atoms with Crippen LogP contribution in [0.1, 0.15) is 36.5 Å². The zero-order chi connectivity index (χ0) is 14.7. The van der Waals surface area contributed by atoms with Crippen LogP contribution in [0.2, 0.25) is 0 Å². The summed E-state index contributed by atoms with van der Waals surface area (Å²) in [5.74, 6) is 1.12. The molecule has 0 saturated heterocycles. The van der Waals surface area contributed by atoms with E-state index in [0.717, 1.165) is 36.6 Å². The van der Waals surface area contributed by atoms with Crippen LogP contribution in [0.5, 0.6) is 0 Å². The number of fused-ring (bicyclic) bond motifs is 1. The van der Waals surface area contributed by atoms with E-state index in [1.54, 1.807) is 0 Å². The second kappa shape index (κ2) is 6.08. The quantitative estimate of drug-likeness (QED) is 0.790. The molecular formula is C16H19N3O2. The van der Waals surface area contributed by atoms with Gasteiger partial charge in [0.25, 0.3) is 0 Å². The Morgan fingerprint density at radius 3 is 2.90 bits per heavy atom. The van der Waals surface area contributed by atoms with Crippen molar-refractivity contribution in [3.05, 3.63) is 47.5 Å². The molecule has 0 bridgehead atoms. The van der Waals surface area contributed by atoms with E-state index >= 15 is 0 Å². The number of hydrogen-bond donors (Lipinski definition) is 0. The van der Waals surface area contributed by atoms with E-state index in [0.29, 0.717) is 13.0 Å². The molecule has 0 N–H and O–H groups in total. The van der Waals surface area contributed by atoms with Gasteiger partial charge in [0.15, 0.2) is 0 Å². The first-order chi connectivity index (χ1) is 10.3.